The molecule has 0 aromatic heterocycles. The van der Waals surface area contributed by atoms with Gasteiger partial charge in [0.25, 0.3) is 0 Å². The molecule has 2 heterocycles. The molecule has 2 aliphatic rings. The third-order valence-electron chi connectivity index (χ3n) is 4.66. The molecule has 2 aliphatic heterocycles. The number of benzene rings is 1. The van der Waals surface area contributed by atoms with Gasteiger partial charge in [0.05, 0.1) is 5.69 Å². The molecule has 20 heavy (non-hydrogen) atoms. The van der Waals surface area contributed by atoms with Crippen molar-refractivity contribution in [1.29, 1.82) is 0 Å². The van der Waals surface area contributed by atoms with E-state index in [2.05, 4.69) is 67.2 Å². The lowest BCUT2D eigenvalue weighted by molar-refractivity contribution is 0.247. The molecule has 0 spiro atoms. The molecule has 1 aromatic rings. The van der Waals surface area contributed by atoms with E-state index in [-0.39, 0.29) is 0 Å². The van der Waals surface area contributed by atoms with Crippen LogP contribution < -0.4 is 10.2 Å². The van der Waals surface area contributed by atoms with Crippen LogP contribution >= 0.6 is 31.9 Å². The van der Waals surface area contributed by atoms with Crippen LogP contribution in [-0.2, 0) is 0 Å². The van der Waals surface area contributed by atoms with Crippen LogP contribution in [0.5, 0.6) is 0 Å². The number of fused-ring (bicyclic) bond motifs is 2. The van der Waals surface area contributed by atoms with Gasteiger partial charge in [0.15, 0.2) is 0 Å². The summed E-state index contributed by atoms with van der Waals surface area (Å²) >= 11 is 7.50. The fourth-order valence-corrected chi connectivity index (χ4v) is 5.35. The molecule has 2 atom stereocenters. The van der Waals surface area contributed by atoms with Gasteiger partial charge in [-0.15, -0.1) is 0 Å². The Morgan fingerprint density at radius 3 is 2.30 bits per heavy atom. The van der Waals surface area contributed by atoms with Gasteiger partial charge in [-0.1, -0.05) is 13.0 Å². The second-order valence-corrected chi connectivity index (χ2v) is 7.65. The van der Waals surface area contributed by atoms with E-state index < -0.39 is 0 Å². The standard InChI is InChI=1S/C16H22Br2N2/c1-2-19-11-9-12-5-3-6-13(10-11)20(12)16-14(17)7-4-8-15(16)18/h4,7-8,11-13,19H,2-3,5-6,9-10H2,1H3. The summed E-state index contributed by atoms with van der Waals surface area (Å²) in [5.41, 5.74) is 1.36. The molecule has 1 N–H and O–H groups in total. The Morgan fingerprint density at radius 2 is 1.75 bits per heavy atom. The lowest BCUT2D eigenvalue weighted by Gasteiger charge is -2.51. The van der Waals surface area contributed by atoms with E-state index in [9.17, 15) is 0 Å². The lowest BCUT2D eigenvalue weighted by Crippen LogP contribution is -2.56. The highest BCUT2D eigenvalue weighted by molar-refractivity contribution is 9.11. The highest BCUT2D eigenvalue weighted by atomic mass is 79.9. The van der Waals surface area contributed by atoms with Crippen molar-refractivity contribution in [3.63, 3.8) is 0 Å². The second kappa shape index (κ2) is 6.37. The van der Waals surface area contributed by atoms with Gasteiger partial charge in [0.2, 0.25) is 0 Å². The van der Waals surface area contributed by atoms with Gasteiger partial charge in [-0.3, -0.25) is 0 Å². The van der Waals surface area contributed by atoms with Gasteiger partial charge < -0.3 is 10.2 Å². The number of anilines is 1. The number of hydrogen-bond donors (Lipinski definition) is 1. The molecule has 0 amide bonds. The Hall–Kier alpha value is -0.0600. The quantitative estimate of drug-likeness (QED) is 0.788. The fourth-order valence-electron chi connectivity index (χ4n) is 3.94. The van der Waals surface area contributed by atoms with Gasteiger partial charge in [0.1, 0.15) is 0 Å². The summed E-state index contributed by atoms with van der Waals surface area (Å²) in [6.45, 7) is 3.30. The van der Waals surface area contributed by atoms with Gasteiger partial charge in [-0.05, 0) is 82.6 Å². The zero-order chi connectivity index (χ0) is 14.1. The number of halogens is 2. The predicted octanol–water partition coefficient (Wildman–Crippen LogP) is 4.71. The van der Waals surface area contributed by atoms with E-state index in [1.807, 2.05) is 0 Å². The van der Waals surface area contributed by atoms with Crippen LogP contribution in [0, 0.1) is 0 Å². The molecule has 2 nitrogen and oxygen atoms in total. The molecular formula is C16H22Br2N2. The van der Waals surface area contributed by atoms with E-state index in [0.717, 1.165) is 6.54 Å². The minimum Gasteiger partial charge on any atom is -0.364 e. The first-order valence-corrected chi connectivity index (χ1v) is 9.25. The molecule has 4 heteroatoms. The molecule has 0 radical (unpaired) electrons. The largest absolute Gasteiger partial charge is 0.364 e. The number of piperidine rings is 2. The van der Waals surface area contributed by atoms with Crippen LogP contribution in [0.25, 0.3) is 0 Å². The number of para-hydroxylation sites is 1. The Balaban J connectivity index is 1.90. The summed E-state index contributed by atoms with van der Waals surface area (Å²) in [7, 11) is 0. The monoisotopic (exact) mass is 400 g/mol. The van der Waals surface area contributed by atoms with Crippen LogP contribution in [0.4, 0.5) is 5.69 Å². The predicted molar refractivity (Wildman–Crippen MR) is 92.4 cm³/mol. The average molecular weight is 402 g/mol. The summed E-state index contributed by atoms with van der Waals surface area (Å²) in [6.07, 6.45) is 6.58. The van der Waals surface area contributed by atoms with E-state index in [4.69, 9.17) is 0 Å². The maximum atomic E-state index is 3.75. The topological polar surface area (TPSA) is 15.3 Å². The van der Waals surface area contributed by atoms with E-state index >= 15 is 0 Å². The Morgan fingerprint density at radius 1 is 1.15 bits per heavy atom. The zero-order valence-corrected chi connectivity index (χ0v) is 15.1. The molecule has 2 saturated heterocycles. The highest BCUT2D eigenvalue weighted by Crippen LogP contribution is 2.43. The molecule has 110 valence electrons. The van der Waals surface area contributed by atoms with E-state index in [0.29, 0.717) is 18.1 Å². The SMILES string of the molecule is CCNC1CC2CCCC(C1)N2c1c(Br)cccc1Br. The maximum Gasteiger partial charge on any atom is 0.0660 e. The second-order valence-electron chi connectivity index (χ2n) is 5.94. The zero-order valence-electron chi connectivity index (χ0n) is 11.9. The normalized spacial score (nSPS) is 29.6. The van der Waals surface area contributed by atoms with Gasteiger partial charge in [0, 0.05) is 27.1 Å². The molecule has 3 rings (SSSR count). The minimum atomic E-state index is 0.682. The number of nitrogens with zero attached hydrogens (tertiary/aromatic N) is 1. The lowest BCUT2D eigenvalue weighted by atomic mass is 9.81. The molecule has 0 aliphatic carbocycles. The third kappa shape index (κ3) is 2.79. The Kier molecular flexibility index (Phi) is 4.73. The first-order valence-electron chi connectivity index (χ1n) is 7.66. The van der Waals surface area contributed by atoms with Crippen LogP contribution in [0.2, 0.25) is 0 Å². The van der Waals surface area contributed by atoms with Gasteiger partial charge in [-0.2, -0.15) is 0 Å². The van der Waals surface area contributed by atoms with Crippen LogP contribution in [0.1, 0.15) is 39.0 Å². The number of rotatable bonds is 3. The van der Waals surface area contributed by atoms with Crippen molar-refractivity contribution in [1.82, 2.24) is 5.32 Å². The van der Waals surface area contributed by atoms with Gasteiger partial charge in [-0.25, -0.2) is 0 Å². The summed E-state index contributed by atoms with van der Waals surface area (Å²) in [4.78, 5) is 2.69. The third-order valence-corrected chi connectivity index (χ3v) is 5.94. The maximum absolute atomic E-state index is 3.75. The van der Waals surface area contributed by atoms with Crippen LogP contribution in [0.3, 0.4) is 0 Å². The number of hydrogen-bond acceptors (Lipinski definition) is 2. The van der Waals surface area contributed by atoms with Crippen LogP contribution in [-0.4, -0.2) is 24.7 Å². The van der Waals surface area contributed by atoms with Crippen molar-refractivity contribution < 1.29 is 0 Å². The van der Waals surface area contributed by atoms with Crippen molar-refractivity contribution in [2.45, 2.75) is 57.2 Å². The van der Waals surface area contributed by atoms with Crippen molar-refractivity contribution in [3.8, 4) is 0 Å². The summed E-state index contributed by atoms with van der Waals surface area (Å²) < 4.78 is 2.43. The number of nitrogens with one attached hydrogen (secondary N) is 1. The average Bonchev–Trinajstić information content (AvgIpc) is 2.39. The van der Waals surface area contributed by atoms with E-state index in [1.54, 1.807) is 0 Å². The van der Waals surface area contributed by atoms with Crippen molar-refractivity contribution >= 4 is 37.5 Å². The highest BCUT2D eigenvalue weighted by Gasteiger charge is 2.39. The van der Waals surface area contributed by atoms with E-state index in [1.165, 1.54) is 46.7 Å². The van der Waals surface area contributed by atoms with Crippen molar-refractivity contribution in [2.24, 2.45) is 0 Å². The van der Waals surface area contributed by atoms with Crippen molar-refractivity contribution in [2.75, 3.05) is 11.4 Å². The smallest absolute Gasteiger partial charge is 0.0660 e. The summed E-state index contributed by atoms with van der Waals surface area (Å²) in [5, 5.41) is 3.66. The van der Waals surface area contributed by atoms with Gasteiger partial charge >= 0.3 is 0 Å². The summed E-state index contributed by atoms with van der Waals surface area (Å²) in [6, 6.07) is 8.48. The molecule has 2 bridgehead atoms. The fraction of sp³-hybridized carbons (Fsp3) is 0.625. The minimum absolute atomic E-state index is 0.682. The molecule has 1 aromatic carbocycles. The molecule has 2 fully saturated rings. The van der Waals surface area contributed by atoms with Crippen molar-refractivity contribution in [3.05, 3.63) is 27.1 Å². The molecule has 0 saturated carbocycles. The Bertz CT molecular complexity index is 443. The first-order chi connectivity index (χ1) is 9.70. The van der Waals surface area contributed by atoms with Crippen LogP contribution in [0.15, 0.2) is 27.1 Å². The Labute approximate surface area is 138 Å². The summed E-state index contributed by atoms with van der Waals surface area (Å²) in [5.74, 6) is 0. The molecule has 2 unspecified atom stereocenters. The molecular weight excluding hydrogens is 380 g/mol. The first kappa shape index (κ1) is 14.9.